The zero-order chi connectivity index (χ0) is 11.5. The van der Waals surface area contributed by atoms with Gasteiger partial charge in [0.25, 0.3) is 0 Å². The number of rotatable bonds is 4. The molecule has 0 aromatic carbocycles. The predicted molar refractivity (Wildman–Crippen MR) is 50.7 cm³/mol. The van der Waals surface area contributed by atoms with Crippen LogP contribution in [-0.4, -0.2) is 54.8 Å². The lowest BCUT2D eigenvalue weighted by molar-refractivity contribution is -0.896. The highest BCUT2D eigenvalue weighted by Gasteiger charge is 2.36. The van der Waals surface area contributed by atoms with Gasteiger partial charge in [-0.2, -0.15) is 0 Å². The number of nitrogens with zero attached hydrogens (tertiary/aromatic N) is 1. The van der Waals surface area contributed by atoms with Crippen molar-refractivity contribution in [3.05, 3.63) is 0 Å². The molecule has 0 bridgehead atoms. The van der Waals surface area contributed by atoms with Crippen molar-refractivity contribution >= 4 is 11.9 Å². The Labute approximate surface area is 83.9 Å². The first kappa shape index (κ1) is 12.9. The molecule has 0 aromatic rings. The summed E-state index contributed by atoms with van der Waals surface area (Å²) in [5, 5.41) is 8.87. The highest BCUT2D eigenvalue weighted by Crippen LogP contribution is 2.11. The van der Waals surface area contributed by atoms with Gasteiger partial charge >= 0.3 is 11.9 Å². The van der Waals surface area contributed by atoms with Crippen LogP contribution < -0.4 is 0 Å². The number of carbonyl (C=O) groups is 2. The molecule has 2 atom stereocenters. The van der Waals surface area contributed by atoms with Gasteiger partial charge < -0.3 is 14.3 Å². The van der Waals surface area contributed by atoms with Gasteiger partial charge in [-0.15, -0.1) is 0 Å². The third-order valence-corrected chi connectivity index (χ3v) is 2.20. The third-order valence-electron chi connectivity index (χ3n) is 2.20. The summed E-state index contributed by atoms with van der Waals surface area (Å²) in [6.07, 6.45) is -1.09. The molecule has 0 rings (SSSR count). The van der Waals surface area contributed by atoms with Gasteiger partial charge in [0.05, 0.1) is 21.1 Å². The van der Waals surface area contributed by atoms with E-state index in [1.54, 1.807) is 6.92 Å². The average molecular weight is 204 g/mol. The predicted octanol–water partition coefficient (Wildman–Crippen LogP) is 0.0974. The molecule has 0 saturated carbocycles. The second-order valence-corrected chi connectivity index (χ2v) is 4.23. The van der Waals surface area contributed by atoms with Gasteiger partial charge in [0.15, 0.2) is 0 Å². The van der Waals surface area contributed by atoms with Crippen LogP contribution in [0.1, 0.15) is 13.8 Å². The van der Waals surface area contributed by atoms with E-state index in [-0.39, 0.29) is 6.04 Å². The monoisotopic (exact) mass is 204 g/mol. The number of carboxylic acid groups (broad SMARTS) is 1. The van der Waals surface area contributed by atoms with E-state index in [4.69, 9.17) is 9.84 Å². The summed E-state index contributed by atoms with van der Waals surface area (Å²) in [4.78, 5) is 21.5. The van der Waals surface area contributed by atoms with Gasteiger partial charge in [0.2, 0.25) is 6.10 Å². The summed E-state index contributed by atoms with van der Waals surface area (Å²) in [6.45, 7) is 2.94. The van der Waals surface area contributed by atoms with Gasteiger partial charge in [-0.25, -0.2) is 4.79 Å². The fraction of sp³-hybridized carbons (Fsp3) is 0.778. The van der Waals surface area contributed by atoms with Crippen LogP contribution in [0.15, 0.2) is 0 Å². The first-order chi connectivity index (χ1) is 6.16. The Bertz CT molecular complexity index is 231. The Morgan fingerprint density at radius 3 is 1.93 bits per heavy atom. The summed E-state index contributed by atoms with van der Waals surface area (Å²) < 4.78 is 5.17. The maximum absolute atomic E-state index is 10.8. The van der Waals surface area contributed by atoms with Gasteiger partial charge in [0.1, 0.15) is 6.04 Å². The molecule has 0 aromatic heterocycles. The molecule has 0 amide bonds. The Morgan fingerprint density at radius 2 is 1.71 bits per heavy atom. The Kier molecular flexibility index (Phi) is 4.07. The maximum atomic E-state index is 10.8. The Hall–Kier alpha value is -1.10. The summed E-state index contributed by atoms with van der Waals surface area (Å²) in [7, 11) is 5.55. The number of hydrogen-bond acceptors (Lipinski definition) is 3. The van der Waals surface area contributed by atoms with Crippen molar-refractivity contribution in [1.82, 2.24) is 0 Å². The number of esters is 1. The van der Waals surface area contributed by atoms with Crippen LogP contribution in [0.5, 0.6) is 0 Å². The van der Waals surface area contributed by atoms with E-state index in [2.05, 4.69) is 0 Å². The molecule has 5 heteroatoms. The van der Waals surface area contributed by atoms with Crippen LogP contribution in [0, 0.1) is 0 Å². The van der Waals surface area contributed by atoms with E-state index in [1.165, 1.54) is 6.92 Å². The van der Waals surface area contributed by atoms with Crippen molar-refractivity contribution in [2.75, 3.05) is 21.1 Å². The molecule has 0 aliphatic carbocycles. The van der Waals surface area contributed by atoms with Crippen LogP contribution in [0.2, 0.25) is 0 Å². The van der Waals surface area contributed by atoms with Gasteiger partial charge in [-0.1, -0.05) is 0 Å². The summed E-state index contributed by atoms with van der Waals surface area (Å²) in [5.41, 5.74) is 0. The first-order valence-corrected chi connectivity index (χ1v) is 4.37. The van der Waals surface area contributed by atoms with Crippen LogP contribution in [0.4, 0.5) is 0 Å². The van der Waals surface area contributed by atoms with Crippen molar-refractivity contribution in [2.24, 2.45) is 0 Å². The number of hydrogen-bond donors (Lipinski definition) is 1. The zero-order valence-electron chi connectivity index (χ0n) is 9.27. The smallest absolute Gasteiger partial charge is 0.351 e. The largest absolute Gasteiger partial charge is 0.478 e. The minimum Gasteiger partial charge on any atom is -0.478 e. The molecule has 0 heterocycles. The SMILES string of the molecule is CC(=O)OC(C(=O)O)C(C)[N+](C)(C)C. The van der Waals surface area contributed by atoms with Gasteiger partial charge in [-0.3, -0.25) is 4.79 Å². The highest BCUT2D eigenvalue weighted by molar-refractivity contribution is 5.77. The van der Waals surface area contributed by atoms with Crippen molar-refractivity contribution in [3.8, 4) is 0 Å². The lowest BCUT2D eigenvalue weighted by atomic mass is 10.1. The number of likely N-dealkylation sites (N-methyl/N-ethyl adjacent to an activating group) is 1. The minimum atomic E-state index is -1.11. The van der Waals surface area contributed by atoms with Crippen LogP contribution in [0.3, 0.4) is 0 Å². The second kappa shape index (κ2) is 4.41. The fourth-order valence-corrected chi connectivity index (χ4v) is 0.940. The number of carbonyl (C=O) groups excluding carboxylic acids is 1. The lowest BCUT2D eigenvalue weighted by Gasteiger charge is -2.34. The van der Waals surface area contributed by atoms with E-state index in [9.17, 15) is 9.59 Å². The van der Waals surface area contributed by atoms with E-state index in [1.807, 2.05) is 21.1 Å². The Balaban J connectivity index is 4.66. The molecule has 5 nitrogen and oxygen atoms in total. The molecule has 0 fully saturated rings. The van der Waals surface area contributed by atoms with E-state index in [0.717, 1.165) is 0 Å². The topological polar surface area (TPSA) is 63.6 Å². The molecule has 82 valence electrons. The molecule has 2 unspecified atom stereocenters. The van der Waals surface area contributed by atoms with E-state index in [0.29, 0.717) is 4.48 Å². The highest BCUT2D eigenvalue weighted by atomic mass is 16.6. The number of aliphatic carboxylic acids is 1. The van der Waals surface area contributed by atoms with Crippen molar-refractivity contribution in [3.63, 3.8) is 0 Å². The minimum absolute atomic E-state index is 0.295. The third kappa shape index (κ3) is 3.74. The van der Waals surface area contributed by atoms with Gasteiger partial charge in [-0.05, 0) is 6.92 Å². The number of ether oxygens (including phenoxy) is 1. The number of quaternary nitrogens is 1. The standard InChI is InChI=1S/C9H17NO4/c1-6(10(3,4)5)8(9(12)13)14-7(2)11/h6,8H,1-5H3/p+1. The molecular formula is C9H18NO4+. The second-order valence-electron chi connectivity index (χ2n) is 4.23. The summed E-state index contributed by atoms with van der Waals surface area (Å²) in [5.74, 6) is -1.68. The Morgan fingerprint density at radius 1 is 1.29 bits per heavy atom. The van der Waals surface area contributed by atoms with Crippen molar-refractivity contribution in [1.29, 1.82) is 0 Å². The average Bonchev–Trinajstić information content (AvgIpc) is 1.96. The van der Waals surface area contributed by atoms with E-state index >= 15 is 0 Å². The zero-order valence-corrected chi connectivity index (χ0v) is 9.27. The maximum Gasteiger partial charge on any atom is 0.351 e. The fourth-order valence-electron chi connectivity index (χ4n) is 0.940. The number of carboxylic acids is 1. The normalized spacial score (nSPS) is 15.8. The molecule has 0 spiro atoms. The molecular weight excluding hydrogens is 186 g/mol. The van der Waals surface area contributed by atoms with Crippen LogP contribution >= 0.6 is 0 Å². The van der Waals surface area contributed by atoms with Crippen LogP contribution in [0.25, 0.3) is 0 Å². The van der Waals surface area contributed by atoms with Crippen molar-refractivity contribution in [2.45, 2.75) is 26.0 Å². The molecule has 0 saturated heterocycles. The quantitative estimate of drug-likeness (QED) is 0.521. The van der Waals surface area contributed by atoms with Crippen molar-refractivity contribution < 1.29 is 23.9 Å². The molecule has 0 radical (unpaired) electrons. The molecule has 0 aliphatic rings. The molecule has 0 aliphatic heterocycles. The summed E-state index contributed by atoms with van der Waals surface area (Å²) in [6, 6.07) is -0.295. The lowest BCUT2D eigenvalue weighted by Crippen LogP contribution is -2.53. The van der Waals surface area contributed by atoms with Crippen LogP contribution in [-0.2, 0) is 14.3 Å². The first-order valence-electron chi connectivity index (χ1n) is 4.37. The molecule has 1 N–H and O–H groups in total. The summed E-state index contributed by atoms with van der Waals surface area (Å²) >= 11 is 0. The van der Waals surface area contributed by atoms with E-state index < -0.39 is 18.0 Å². The molecule has 14 heavy (non-hydrogen) atoms. The van der Waals surface area contributed by atoms with Gasteiger partial charge in [0, 0.05) is 6.92 Å².